The van der Waals surface area contributed by atoms with Crippen molar-refractivity contribution in [2.75, 3.05) is 25.6 Å². The second-order valence-corrected chi connectivity index (χ2v) is 18.7. The summed E-state index contributed by atoms with van der Waals surface area (Å²) in [6, 6.07) is 17.9. The first-order valence-electron chi connectivity index (χ1n) is 22.7. The molecule has 68 heavy (non-hydrogen) atoms. The topological polar surface area (TPSA) is 312 Å². The molecule has 5 aliphatic rings. The molecule has 10 atom stereocenters. The van der Waals surface area contributed by atoms with E-state index in [2.05, 4.69) is 15.6 Å². The number of aromatic nitrogens is 1. The summed E-state index contributed by atoms with van der Waals surface area (Å²) < 4.78 is 31.8. The van der Waals surface area contributed by atoms with E-state index in [1.54, 1.807) is 36.4 Å². The molecular formula is C49H54N4O15. The molecule has 10 unspecified atom stereocenters. The molecule has 0 amide bonds. The third-order valence-electron chi connectivity index (χ3n) is 14.9. The first-order chi connectivity index (χ1) is 32.6. The van der Waals surface area contributed by atoms with Crippen molar-refractivity contribution >= 4 is 22.8 Å². The number of rotatable bonds is 13. The van der Waals surface area contributed by atoms with Gasteiger partial charge in [0.15, 0.2) is 34.7 Å². The predicted octanol–water partition coefficient (Wildman–Crippen LogP) is 2.99. The molecule has 5 aromatic rings. The molecule has 3 aliphatic carbocycles. The van der Waals surface area contributed by atoms with E-state index in [9.17, 15) is 50.4 Å². The minimum Gasteiger partial charge on any atom is -0.508 e. The van der Waals surface area contributed by atoms with Crippen LogP contribution in [0.1, 0.15) is 62.3 Å². The number of aromatic amines is 1. The number of aromatic hydroxyl groups is 2. The van der Waals surface area contributed by atoms with E-state index in [0.717, 1.165) is 32.1 Å². The van der Waals surface area contributed by atoms with Crippen molar-refractivity contribution in [1.29, 1.82) is 0 Å². The van der Waals surface area contributed by atoms with E-state index in [1.807, 2.05) is 6.07 Å². The highest BCUT2D eigenvalue weighted by atomic mass is 16.7. The van der Waals surface area contributed by atoms with Crippen LogP contribution in [0.4, 0.5) is 5.82 Å². The molecule has 2 saturated heterocycles. The number of ether oxygens (including phenoxy) is 4. The number of aliphatic hydroxyl groups is 5. The number of phenolic OH excluding ortho intramolecular Hbond substituents is 2. The monoisotopic (exact) mass is 938 g/mol. The Hall–Kier alpha value is -6.16. The van der Waals surface area contributed by atoms with E-state index in [4.69, 9.17) is 29.1 Å². The summed E-state index contributed by atoms with van der Waals surface area (Å²) in [6.07, 6.45) is -0.908. The number of benzene rings is 3. The van der Waals surface area contributed by atoms with E-state index in [-0.39, 0.29) is 39.7 Å². The zero-order valence-corrected chi connectivity index (χ0v) is 36.7. The van der Waals surface area contributed by atoms with Crippen molar-refractivity contribution in [3.05, 3.63) is 106 Å². The van der Waals surface area contributed by atoms with Crippen LogP contribution in [0.5, 0.6) is 28.7 Å². The average Bonchev–Trinajstić information content (AvgIpc) is 4.17. The number of carbonyl (C=O) groups is 1. The fraction of sp³-hybridized carbons (Fsp3) is 0.429. The zero-order chi connectivity index (χ0) is 47.8. The molecule has 4 heterocycles. The Morgan fingerprint density at radius 1 is 0.971 bits per heavy atom. The molecule has 0 radical (unpaired) electrons. The van der Waals surface area contributed by atoms with Crippen LogP contribution in [0.3, 0.4) is 0 Å². The quantitative estimate of drug-likeness (QED) is 0.0755. The predicted molar refractivity (Wildman–Crippen MR) is 242 cm³/mol. The van der Waals surface area contributed by atoms with Crippen molar-refractivity contribution in [3.63, 3.8) is 0 Å². The molecular weight excluding hydrogens is 885 g/mol. The first kappa shape index (κ1) is 45.6. The van der Waals surface area contributed by atoms with Crippen LogP contribution in [0.25, 0.3) is 22.3 Å². The number of nitrogen functional groups attached to an aromatic ring is 1. The lowest BCUT2D eigenvalue weighted by Crippen LogP contribution is -2.79. The highest BCUT2D eigenvalue weighted by molar-refractivity contribution is 5.90. The van der Waals surface area contributed by atoms with Gasteiger partial charge in [-0.1, -0.05) is 31.1 Å². The minimum absolute atomic E-state index is 0.0181. The maximum atomic E-state index is 14.3. The van der Waals surface area contributed by atoms with Crippen molar-refractivity contribution in [1.82, 2.24) is 15.6 Å². The summed E-state index contributed by atoms with van der Waals surface area (Å²) >= 11 is 0. The van der Waals surface area contributed by atoms with Gasteiger partial charge in [0.2, 0.25) is 12.0 Å². The third kappa shape index (κ3) is 7.27. The number of hydrogen-bond acceptors (Lipinski definition) is 17. The number of hydrogen-bond donors (Lipinski definition) is 12. The van der Waals surface area contributed by atoms with Gasteiger partial charge >= 0.3 is 5.97 Å². The van der Waals surface area contributed by atoms with Gasteiger partial charge in [-0.2, -0.15) is 0 Å². The fourth-order valence-electron chi connectivity index (χ4n) is 11.5. The molecule has 13 N–H and O–H groups in total. The number of nitrogens with one attached hydrogen (secondary N) is 3. The van der Waals surface area contributed by atoms with Crippen molar-refractivity contribution < 1.29 is 69.0 Å². The number of fused-ring (bicyclic) bond motifs is 3. The van der Waals surface area contributed by atoms with Crippen LogP contribution in [0.15, 0.2) is 94.2 Å². The van der Waals surface area contributed by atoms with E-state index in [0.29, 0.717) is 48.7 Å². The molecule has 3 aromatic carbocycles. The zero-order valence-electron chi connectivity index (χ0n) is 36.7. The van der Waals surface area contributed by atoms with E-state index in [1.165, 1.54) is 42.5 Å². The van der Waals surface area contributed by atoms with Gasteiger partial charge in [-0.25, -0.2) is 4.79 Å². The summed E-state index contributed by atoms with van der Waals surface area (Å²) in [5, 5.41) is 96.9. The summed E-state index contributed by atoms with van der Waals surface area (Å²) in [4.78, 5) is 30.1. The van der Waals surface area contributed by atoms with Crippen molar-refractivity contribution in [2.45, 2.75) is 98.5 Å². The Kier molecular flexibility index (Phi) is 11.5. The molecule has 1 spiro atoms. The summed E-state index contributed by atoms with van der Waals surface area (Å²) in [7, 11) is 0. The second kappa shape index (κ2) is 17.1. The molecule has 2 aromatic heterocycles. The summed E-state index contributed by atoms with van der Waals surface area (Å²) in [6.45, 7) is 0.136. The molecule has 19 nitrogen and oxygen atoms in total. The number of carboxylic acid groups (broad SMARTS) is 1. The SMILES string of the molecule is Nc1ccc(C(O)C(CO)Oc2ccc(-c3cc(=O)c4c(O)c(OC5(c6cccc(O)c6)CCCC56CCCC6)c(OC5OC(C(=O)O)C6(O)C(C7CNCN7)C=CC5(O)C6O)cc4o3)cc2)[nH]1. The van der Waals surface area contributed by atoms with Gasteiger partial charge in [-0.15, -0.1) is 0 Å². The molecule has 2 aliphatic heterocycles. The standard InChI is InChI=1S/C49H54N4O15/c50-37-12-11-30(53-37)39(57)36(23-54)64-28-9-7-25(8-10-28)33-20-32(56)38-34(65-33)21-35(41(40(38)58)68-48(26-5-3-6-27(55)19-26)17-4-16-46(48)14-1-2-15-46)66-45-47(62)18-13-29(31-22-51-24-52-31)49(63,44(47)61)42(67-45)43(59)60/h3,5-13,18-21,29,31,36,39,42,44-45,51-55,57-58,61-63H,1-2,4,14-17,22-24,50H2,(H,59,60). The van der Waals surface area contributed by atoms with Gasteiger partial charge in [0.1, 0.15) is 57.5 Å². The van der Waals surface area contributed by atoms with E-state index < -0.39 is 88.6 Å². The molecule has 360 valence electrons. The summed E-state index contributed by atoms with van der Waals surface area (Å²) in [5.74, 6) is -3.53. The van der Waals surface area contributed by atoms with Gasteiger partial charge in [-0.05, 0) is 92.3 Å². The van der Waals surface area contributed by atoms with Gasteiger partial charge in [0, 0.05) is 54.0 Å². The molecule has 4 fully saturated rings. The number of aliphatic carboxylic acids is 1. The lowest BCUT2D eigenvalue weighted by Gasteiger charge is -2.56. The van der Waals surface area contributed by atoms with Crippen molar-refractivity contribution in [3.8, 4) is 40.1 Å². The van der Waals surface area contributed by atoms with Gasteiger partial charge in [0.25, 0.3) is 0 Å². The number of H-pyrrole nitrogens is 1. The van der Waals surface area contributed by atoms with Crippen LogP contribution in [0.2, 0.25) is 0 Å². The summed E-state index contributed by atoms with van der Waals surface area (Å²) in [5.41, 5.74) is -0.652. The van der Waals surface area contributed by atoms with Crippen LogP contribution in [-0.2, 0) is 15.1 Å². The normalized spacial score (nSPS) is 30.4. The molecule has 2 bridgehead atoms. The largest absolute Gasteiger partial charge is 0.508 e. The Bertz CT molecular complexity index is 2800. The molecule has 19 heteroatoms. The first-order valence-corrected chi connectivity index (χ1v) is 22.7. The number of carboxylic acids is 1. The lowest BCUT2D eigenvalue weighted by atomic mass is 9.63. The Balaban J connectivity index is 1.08. The highest BCUT2D eigenvalue weighted by Crippen LogP contribution is 2.64. The Morgan fingerprint density at radius 3 is 2.41 bits per heavy atom. The highest BCUT2D eigenvalue weighted by Gasteiger charge is 2.70. The van der Waals surface area contributed by atoms with Crippen LogP contribution in [0, 0.1) is 11.3 Å². The average molecular weight is 939 g/mol. The lowest BCUT2D eigenvalue weighted by molar-refractivity contribution is -0.342. The van der Waals surface area contributed by atoms with Crippen LogP contribution >= 0.6 is 0 Å². The Morgan fingerprint density at radius 2 is 1.74 bits per heavy atom. The maximum Gasteiger partial charge on any atom is 0.336 e. The van der Waals surface area contributed by atoms with E-state index >= 15 is 0 Å². The van der Waals surface area contributed by atoms with Gasteiger partial charge in [-0.3, -0.25) is 10.1 Å². The van der Waals surface area contributed by atoms with Gasteiger partial charge in [0.05, 0.1) is 6.61 Å². The Labute approximate surface area is 388 Å². The maximum absolute atomic E-state index is 14.3. The number of nitrogens with two attached hydrogens (primary N) is 1. The number of anilines is 1. The smallest absolute Gasteiger partial charge is 0.336 e. The number of aliphatic hydroxyl groups excluding tert-OH is 3. The van der Waals surface area contributed by atoms with Crippen LogP contribution < -0.4 is 36.0 Å². The second-order valence-electron chi connectivity index (χ2n) is 18.7. The third-order valence-corrected chi connectivity index (χ3v) is 14.9. The van der Waals surface area contributed by atoms with Crippen LogP contribution in [-0.4, -0.2) is 113 Å². The van der Waals surface area contributed by atoms with Crippen molar-refractivity contribution in [2.24, 2.45) is 11.3 Å². The van der Waals surface area contributed by atoms with Gasteiger partial charge < -0.3 is 80.3 Å². The minimum atomic E-state index is -2.58. The molecule has 10 rings (SSSR count). The number of phenols is 2. The molecule has 2 saturated carbocycles. The fourth-order valence-corrected chi connectivity index (χ4v) is 11.5.